The minimum absolute atomic E-state index is 0.564. The minimum Gasteiger partial charge on any atom is -0.326 e. The number of hydrogen-bond donors (Lipinski definition) is 1. The number of rotatable bonds is 2. The monoisotopic (exact) mass is 268 g/mol. The predicted molar refractivity (Wildman–Crippen MR) is 63.1 cm³/mol. The molecule has 0 spiro atoms. The molecule has 0 atom stereocenters. The lowest BCUT2D eigenvalue weighted by molar-refractivity contribution is 1.10. The standard InChI is InChI=1S/C10H9BrN2S/c11-8-3-1-7(2-4-8)10-13-6-9(5-12)14-10/h1-4,6H,5,12H2. The smallest absolute Gasteiger partial charge is 0.123 e. The van der Waals surface area contributed by atoms with Gasteiger partial charge in [0.1, 0.15) is 5.01 Å². The lowest BCUT2D eigenvalue weighted by Crippen LogP contribution is -1.91. The molecule has 1 aromatic carbocycles. The number of thiazole rings is 1. The molecular formula is C10H9BrN2S. The molecule has 0 fully saturated rings. The van der Waals surface area contributed by atoms with E-state index in [2.05, 4.69) is 20.9 Å². The SMILES string of the molecule is NCc1cnc(-c2ccc(Br)cc2)s1. The Morgan fingerprint density at radius 3 is 2.57 bits per heavy atom. The molecule has 1 heterocycles. The van der Waals surface area contributed by atoms with Gasteiger partial charge in [-0.1, -0.05) is 28.1 Å². The van der Waals surface area contributed by atoms with Crippen LogP contribution in [0.4, 0.5) is 0 Å². The average Bonchev–Trinajstić information content (AvgIpc) is 2.67. The summed E-state index contributed by atoms with van der Waals surface area (Å²) >= 11 is 5.04. The van der Waals surface area contributed by atoms with Gasteiger partial charge in [-0.3, -0.25) is 0 Å². The lowest BCUT2D eigenvalue weighted by atomic mass is 10.2. The van der Waals surface area contributed by atoms with Crippen LogP contribution in [0.25, 0.3) is 10.6 Å². The number of nitrogens with two attached hydrogens (primary N) is 1. The van der Waals surface area contributed by atoms with Crippen LogP contribution in [0.2, 0.25) is 0 Å². The van der Waals surface area contributed by atoms with Crippen molar-refractivity contribution in [3.8, 4) is 10.6 Å². The Kier molecular flexibility index (Phi) is 2.96. The van der Waals surface area contributed by atoms with Crippen molar-refractivity contribution < 1.29 is 0 Å². The highest BCUT2D eigenvalue weighted by Gasteiger charge is 2.02. The van der Waals surface area contributed by atoms with Crippen LogP contribution in [0.3, 0.4) is 0 Å². The maximum atomic E-state index is 5.53. The molecule has 4 heteroatoms. The fourth-order valence-electron chi connectivity index (χ4n) is 1.13. The van der Waals surface area contributed by atoms with Gasteiger partial charge < -0.3 is 5.73 Å². The number of benzene rings is 1. The highest BCUT2D eigenvalue weighted by Crippen LogP contribution is 2.25. The molecule has 2 N–H and O–H groups in total. The molecule has 0 saturated carbocycles. The van der Waals surface area contributed by atoms with Gasteiger partial charge in [0.2, 0.25) is 0 Å². The first-order valence-corrected chi connectivity index (χ1v) is 5.81. The Hall–Kier alpha value is -0.710. The summed E-state index contributed by atoms with van der Waals surface area (Å²) < 4.78 is 1.08. The zero-order valence-electron chi connectivity index (χ0n) is 7.40. The van der Waals surface area contributed by atoms with E-state index < -0.39 is 0 Å². The Bertz CT molecular complexity index is 422. The maximum absolute atomic E-state index is 5.53. The normalized spacial score (nSPS) is 10.4. The first-order chi connectivity index (χ1) is 6.79. The van der Waals surface area contributed by atoms with Gasteiger partial charge in [0.05, 0.1) is 0 Å². The van der Waals surface area contributed by atoms with Gasteiger partial charge in [0.15, 0.2) is 0 Å². The van der Waals surface area contributed by atoms with Gasteiger partial charge in [-0.2, -0.15) is 0 Å². The van der Waals surface area contributed by atoms with Crippen LogP contribution in [0, 0.1) is 0 Å². The summed E-state index contributed by atoms with van der Waals surface area (Å²) in [5.41, 5.74) is 6.67. The molecule has 72 valence electrons. The van der Waals surface area contributed by atoms with E-state index in [0.29, 0.717) is 6.54 Å². The topological polar surface area (TPSA) is 38.9 Å². The van der Waals surface area contributed by atoms with Gasteiger partial charge in [0.25, 0.3) is 0 Å². The van der Waals surface area contributed by atoms with Crippen molar-refractivity contribution in [2.75, 3.05) is 0 Å². The van der Waals surface area contributed by atoms with E-state index in [1.807, 2.05) is 30.5 Å². The summed E-state index contributed by atoms with van der Waals surface area (Å²) in [4.78, 5) is 5.42. The third-order valence-corrected chi connectivity index (χ3v) is 3.44. The second-order valence-corrected chi connectivity index (χ2v) is 4.87. The van der Waals surface area contributed by atoms with Gasteiger partial charge >= 0.3 is 0 Å². The van der Waals surface area contributed by atoms with E-state index >= 15 is 0 Å². The van der Waals surface area contributed by atoms with Crippen molar-refractivity contribution >= 4 is 27.3 Å². The maximum Gasteiger partial charge on any atom is 0.123 e. The molecule has 1 aromatic heterocycles. The molecule has 0 saturated heterocycles. The molecule has 2 nitrogen and oxygen atoms in total. The summed E-state index contributed by atoms with van der Waals surface area (Å²) in [6.45, 7) is 0.564. The first-order valence-electron chi connectivity index (χ1n) is 4.20. The molecule has 2 aromatic rings. The number of halogens is 1. The summed E-state index contributed by atoms with van der Waals surface area (Å²) in [5.74, 6) is 0. The van der Waals surface area contributed by atoms with Crippen molar-refractivity contribution in [1.82, 2.24) is 4.98 Å². The highest BCUT2D eigenvalue weighted by molar-refractivity contribution is 9.10. The molecule has 14 heavy (non-hydrogen) atoms. The zero-order valence-corrected chi connectivity index (χ0v) is 9.81. The third-order valence-electron chi connectivity index (χ3n) is 1.85. The van der Waals surface area contributed by atoms with Crippen molar-refractivity contribution in [1.29, 1.82) is 0 Å². The predicted octanol–water partition coefficient (Wildman–Crippen LogP) is 3.03. The van der Waals surface area contributed by atoms with Gasteiger partial charge in [-0.25, -0.2) is 4.98 Å². The summed E-state index contributed by atoms with van der Waals surface area (Å²) in [5, 5.41) is 1.03. The number of nitrogens with zero attached hydrogens (tertiary/aromatic N) is 1. The molecule has 0 amide bonds. The molecule has 2 rings (SSSR count). The second-order valence-electron chi connectivity index (χ2n) is 2.84. The Morgan fingerprint density at radius 2 is 2.00 bits per heavy atom. The highest BCUT2D eigenvalue weighted by atomic mass is 79.9. The van der Waals surface area contributed by atoms with Crippen molar-refractivity contribution in [2.45, 2.75) is 6.54 Å². The van der Waals surface area contributed by atoms with Crippen LogP contribution < -0.4 is 5.73 Å². The van der Waals surface area contributed by atoms with Gasteiger partial charge in [-0.15, -0.1) is 11.3 Å². The van der Waals surface area contributed by atoms with E-state index in [0.717, 1.165) is 19.9 Å². The zero-order chi connectivity index (χ0) is 9.97. The fourth-order valence-corrected chi connectivity index (χ4v) is 2.19. The molecule has 0 bridgehead atoms. The van der Waals surface area contributed by atoms with E-state index in [9.17, 15) is 0 Å². The van der Waals surface area contributed by atoms with Crippen LogP contribution in [0.15, 0.2) is 34.9 Å². The molecule has 0 aliphatic rings. The van der Waals surface area contributed by atoms with E-state index in [1.165, 1.54) is 0 Å². The lowest BCUT2D eigenvalue weighted by Gasteiger charge is -1.95. The summed E-state index contributed by atoms with van der Waals surface area (Å²) in [6, 6.07) is 8.12. The van der Waals surface area contributed by atoms with E-state index in [4.69, 9.17) is 5.73 Å². The summed E-state index contributed by atoms with van der Waals surface area (Å²) in [6.07, 6.45) is 1.84. The third kappa shape index (κ3) is 2.03. The molecule has 0 unspecified atom stereocenters. The van der Waals surface area contributed by atoms with Crippen LogP contribution in [-0.2, 0) is 6.54 Å². The molecular weight excluding hydrogens is 260 g/mol. The molecule has 0 aliphatic carbocycles. The fraction of sp³-hybridized carbons (Fsp3) is 0.100. The number of hydrogen-bond acceptors (Lipinski definition) is 3. The molecule has 0 radical (unpaired) electrons. The second kappa shape index (κ2) is 4.21. The van der Waals surface area contributed by atoms with Crippen LogP contribution in [0.5, 0.6) is 0 Å². The van der Waals surface area contributed by atoms with Crippen LogP contribution >= 0.6 is 27.3 Å². The van der Waals surface area contributed by atoms with Crippen LogP contribution in [-0.4, -0.2) is 4.98 Å². The van der Waals surface area contributed by atoms with Crippen LogP contribution in [0.1, 0.15) is 4.88 Å². The molecule has 0 aliphatic heterocycles. The minimum atomic E-state index is 0.564. The van der Waals surface area contributed by atoms with Crippen molar-refractivity contribution in [2.24, 2.45) is 5.73 Å². The van der Waals surface area contributed by atoms with E-state index in [1.54, 1.807) is 11.3 Å². The van der Waals surface area contributed by atoms with Crippen molar-refractivity contribution in [3.05, 3.63) is 39.8 Å². The Morgan fingerprint density at radius 1 is 1.29 bits per heavy atom. The Balaban J connectivity index is 2.34. The average molecular weight is 269 g/mol. The van der Waals surface area contributed by atoms with Crippen molar-refractivity contribution in [3.63, 3.8) is 0 Å². The quantitative estimate of drug-likeness (QED) is 0.910. The Labute approximate surface area is 94.9 Å². The van der Waals surface area contributed by atoms with Gasteiger partial charge in [-0.05, 0) is 12.1 Å². The van der Waals surface area contributed by atoms with Gasteiger partial charge in [0, 0.05) is 27.7 Å². The number of aromatic nitrogens is 1. The summed E-state index contributed by atoms with van der Waals surface area (Å²) in [7, 11) is 0. The first kappa shape index (κ1) is 9.83. The van der Waals surface area contributed by atoms with E-state index in [-0.39, 0.29) is 0 Å². The largest absolute Gasteiger partial charge is 0.326 e.